The van der Waals surface area contributed by atoms with Crippen LogP contribution in [0.1, 0.15) is 12.5 Å². The van der Waals surface area contributed by atoms with E-state index in [0.29, 0.717) is 10.8 Å². The van der Waals surface area contributed by atoms with Crippen LogP contribution >= 0.6 is 11.6 Å². The number of ether oxygens (including phenoxy) is 1. The summed E-state index contributed by atoms with van der Waals surface area (Å²) < 4.78 is 5.53. The number of halogens is 1. The minimum Gasteiger partial charge on any atom is -0.484 e. The Hall–Kier alpha value is -1.26. The molecular formula is C14H19ClN2O2. The van der Waals surface area contributed by atoms with Gasteiger partial charge in [-0.15, -0.1) is 0 Å². The summed E-state index contributed by atoms with van der Waals surface area (Å²) in [7, 11) is 0. The summed E-state index contributed by atoms with van der Waals surface area (Å²) in [5, 5.41) is 3.96. The smallest absolute Gasteiger partial charge is 0.260 e. The van der Waals surface area contributed by atoms with E-state index in [1.165, 1.54) is 0 Å². The van der Waals surface area contributed by atoms with Gasteiger partial charge in [-0.3, -0.25) is 4.79 Å². The average molecular weight is 283 g/mol. The highest BCUT2D eigenvalue weighted by Gasteiger charge is 2.23. The van der Waals surface area contributed by atoms with E-state index in [1.54, 1.807) is 12.1 Å². The van der Waals surface area contributed by atoms with Crippen LogP contribution < -0.4 is 10.1 Å². The van der Waals surface area contributed by atoms with Crippen molar-refractivity contribution in [1.82, 2.24) is 10.2 Å². The molecule has 2 rings (SSSR count). The van der Waals surface area contributed by atoms with E-state index in [0.717, 1.165) is 25.2 Å². The van der Waals surface area contributed by atoms with Crippen molar-refractivity contribution in [3.8, 4) is 5.75 Å². The Morgan fingerprint density at radius 2 is 2.37 bits per heavy atom. The second-order valence-corrected chi connectivity index (χ2v) is 5.25. The Morgan fingerprint density at radius 3 is 3.05 bits per heavy atom. The summed E-state index contributed by atoms with van der Waals surface area (Å²) in [6.07, 6.45) is 0. The van der Waals surface area contributed by atoms with Gasteiger partial charge >= 0.3 is 0 Å². The fourth-order valence-electron chi connectivity index (χ4n) is 2.15. The highest BCUT2D eigenvalue weighted by molar-refractivity contribution is 6.31. The summed E-state index contributed by atoms with van der Waals surface area (Å²) in [4.78, 5) is 13.9. The molecule has 0 unspecified atom stereocenters. The third-order valence-electron chi connectivity index (χ3n) is 3.31. The molecule has 1 heterocycles. The molecule has 0 spiro atoms. The van der Waals surface area contributed by atoms with Crippen molar-refractivity contribution >= 4 is 17.5 Å². The van der Waals surface area contributed by atoms with E-state index < -0.39 is 0 Å². The molecular weight excluding hydrogens is 264 g/mol. The second kappa shape index (κ2) is 6.26. The van der Waals surface area contributed by atoms with Gasteiger partial charge in [-0.1, -0.05) is 11.6 Å². The summed E-state index contributed by atoms with van der Waals surface area (Å²) in [6.45, 7) is 6.45. The molecule has 0 aromatic heterocycles. The molecule has 0 saturated carbocycles. The second-order valence-electron chi connectivity index (χ2n) is 4.84. The first-order valence-electron chi connectivity index (χ1n) is 6.47. The van der Waals surface area contributed by atoms with Crippen LogP contribution in [0.4, 0.5) is 0 Å². The van der Waals surface area contributed by atoms with Gasteiger partial charge in [0, 0.05) is 30.7 Å². The van der Waals surface area contributed by atoms with Gasteiger partial charge in [0.15, 0.2) is 6.61 Å². The Kier molecular flexibility index (Phi) is 4.66. The quantitative estimate of drug-likeness (QED) is 0.920. The average Bonchev–Trinajstić information content (AvgIpc) is 2.40. The number of carbonyl (C=O) groups excluding carboxylic acids is 1. The van der Waals surface area contributed by atoms with Crippen LogP contribution in [-0.2, 0) is 4.79 Å². The van der Waals surface area contributed by atoms with Gasteiger partial charge in [0.25, 0.3) is 5.91 Å². The van der Waals surface area contributed by atoms with E-state index >= 15 is 0 Å². The van der Waals surface area contributed by atoms with E-state index in [9.17, 15) is 4.79 Å². The van der Waals surface area contributed by atoms with Crippen LogP contribution in [0.2, 0.25) is 5.02 Å². The molecule has 0 aliphatic carbocycles. The number of rotatable bonds is 3. The molecule has 4 nitrogen and oxygen atoms in total. The first-order chi connectivity index (χ1) is 9.08. The van der Waals surface area contributed by atoms with Gasteiger partial charge in [-0.25, -0.2) is 0 Å². The van der Waals surface area contributed by atoms with Crippen LogP contribution in [0.25, 0.3) is 0 Å². The van der Waals surface area contributed by atoms with Gasteiger partial charge in [-0.05, 0) is 37.6 Å². The highest BCUT2D eigenvalue weighted by atomic mass is 35.5. The number of hydrogen-bond donors (Lipinski definition) is 1. The van der Waals surface area contributed by atoms with Crippen LogP contribution in [-0.4, -0.2) is 43.1 Å². The van der Waals surface area contributed by atoms with Crippen molar-refractivity contribution in [2.24, 2.45) is 0 Å². The predicted octanol–water partition coefficient (Wildman–Crippen LogP) is 1.85. The topological polar surface area (TPSA) is 41.6 Å². The Morgan fingerprint density at radius 1 is 1.58 bits per heavy atom. The van der Waals surface area contributed by atoms with Gasteiger partial charge in [-0.2, -0.15) is 0 Å². The van der Waals surface area contributed by atoms with E-state index in [4.69, 9.17) is 16.3 Å². The first-order valence-corrected chi connectivity index (χ1v) is 6.85. The molecule has 1 aliphatic rings. The molecule has 1 aromatic carbocycles. The molecule has 1 amide bonds. The molecule has 5 heteroatoms. The molecule has 104 valence electrons. The van der Waals surface area contributed by atoms with Crippen LogP contribution in [0, 0.1) is 6.92 Å². The Bertz CT molecular complexity index is 465. The molecule has 1 aliphatic heterocycles. The predicted molar refractivity (Wildman–Crippen MR) is 75.7 cm³/mol. The number of nitrogens with zero attached hydrogens (tertiary/aromatic N) is 1. The monoisotopic (exact) mass is 282 g/mol. The van der Waals surface area contributed by atoms with Crippen molar-refractivity contribution in [2.45, 2.75) is 19.9 Å². The zero-order valence-corrected chi connectivity index (χ0v) is 12.0. The summed E-state index contributed by atoms with van der Waals surface area (Å²) in [6, 6.07) is 5.63. The van der Waals surface area contributed by atoms with Crippen LogP contribution in [0.5, 0.6) is 5.75 Å². The van der Waals surface area contributed by atoms with Crippen molar-refractivity contribution in [3.05, 3.63) is 28.8 Å². The van der Waals surface area contributed by atoms with E-state index in [-0.39, 0.29) is 18.6 Å². The van der Waals surface area contributed by atoms with Crippen LogP contribution in [0.3, 0.4) is 0 Å². The molecule has 1 fully saturated rings. The largest absolute Gasteiger partial charge is 0.484 e. The summed E-state index contributed by atoms with van der Waals surface area (Å²) in [5.74, 6) is 0.708. The van der Waals surface area contributed by atoms with E-state index in [2.05, 4.69) is 5.32 Å². The number of carbonyl (C=O) groups is 1. The summed E-state index contributed by atoms with van der Waals surface area (Å²) >= 11 is 5.95. The number of nitrogens with one attached hydrogen (secondary N) is 1. The van der Waals surface area contributed by atoms with Crippen LogP contribution in [0.15, 0.2) is 18.2 Å². The Labute approximate surface area is 118 Å². The fraction of sp³-hybridized carbons (Fsp3) is 0.500. The minimum absolute atomic E-state index is 0.0293. The maximum atomic E-state index is 12.1. The lowest BCUT2D eigenvalue weighted by Crippen LogP contribution is -2.53. The molecule has 0 radical (unpaired) electrons. The van der Waals surface area contributed by atoms with Crippen molar-refractivity contribution in [3.63, 3.8) is 0 Å². The maximum Gasteiger partial charge on any atom is 0.260 e. The molecule has 1 aromatic rings. The van der Waals surface area contributed by atoms with Gasteiger partial charge < -0.3 is 15.0 Å². The lowest BCUT2D eigenvalue weighted by molar-refractivity contribution is -0.136. The number of benzene rings is 1. The lowest BCUT2D eigenvalue weighted by Gasteiger charge is -2.33. The lowest BCUT2D eigenvalue weighted by atomic mass is 10.2. The van der Waals surface area contributed by atoms with E-state index in [1.807, 2.05) is 24.8 Å². The number of piperazine rings is 1. The zero-order chi connectivity index (χ0) is 13.8. The number of aryl methyl sites for hydroxylation is 1. The molecule has 1 N–H and O–H groups in total. The normalized spacial score (nSPS) is 19.3. The zero-order valence-electron chi connectivity index (χ0n) is 11.3. The molecule has 0 bridgehead atoms. The van der Waals surface area contributed by atoms with Crippen molar-refractivity contribution in [2.75, 3.05) is 26.2 Å². The fourth-order valence-corrected chi connectivity index (χ4v) is 2.26. The molecule has 1 atom stereocenters. The third-order valence-corrected chi connectivity index (χ3v) is 3.74. The minimum atomic E-state index is 0.0293. The number of hydrogen-bond acceptors (Lipinski definition) is 3. The SMILES string of the molecule is Cc1cc(OCC(=O)N2CCNC[C@H]2C)ccc1Cl. The van der Waals surface area contributed by atoms with Crippen molar-refractivity contribution < 1.29 is 9.53 Å². The van der Waals surface area contributed by atoms with Gasteiger partial charge in [0.05, 0.1) is 0 Å². The molecule has 1 saturated heterocycles. The Balaban J connectivity index is 1.90. The molecule has 19 heavy (non-hydrogen) atoms. The third kappa shape index (κ3) is 3.61. The van der Waals surface area contributed by atoms with Gasteiger partial charge in [0.1, 0.15) is 5.75 Å². The standard InChI is InChI=1S/C14H19ClN2O2/c1-10-7-12(3-4-13(10)15)19-9-14(18)17-6-5-16-8-11(17)2/h3-4,7,11,16H,5-6,8-9H2,1-2H3/t11-/m1/s1. The first kappa shape index (κ1) is 14.2. The number of amides is 1. The highest BCUT2D eigenvalue weighted by Crippen LogP contribution is 2.21. The maximum absolute atomic E-state index is 12.1. The van der Waals surface area contributed by atoms with Gasteiger partial charge in [0.2, 0.25) is 0 Å². The summed E-state index contributed by atoms with van der Waals surface area (Å²) in [5.41, 5.74) is 0.946. The van der Waals surface area contributed by atoms with Crippen molar-refractivity contribution in [1.29, 1.82) is 0 Å².